The predicted octanol–water partition coefficient (Wildman–Crippen LogP) is -0.838. The Morgan fingerprint density at radius 2 is 1.61 bits per heavy atom. The Labute approximate surface area is 127 Å². The van der Waals surface area contributed by atoms with Gasteiger partial charge in [0.1, 0.15) is 0 Å². The number of fused-ring (bicyclic) bond motifs is 1. The maximum atomic E-state index is 11.7. The van der Waals surface area contributed by atoms with Crippen LogP contribution in [0.15, 0.2) is 54.6 Å². The van der Waals surface area contributed by atoms with Crippen LogP contribution in [-0.4, -0.2) is 9.78 Å². The number of hydrogen-bond donors (Lipinski definition) is 0. The Morgan fingerprint density at radius 3 is 2.39 bits per heavy atom. The Morgan fingerprint density at radius 1 is 0.944 bits per heavy atom. The normalized spacial score (nSPS) is 10.2. The average molecular weight is 246 g/mol. The Balaban J connectivity index is 0.00000120. The second kappa shape index (κ2) is 5.57. The molecule has 3 rings (SSSR count). The van der Waals surface area contributed by atoms with Gasteiger partial charge in [-0.3, -0.25) is 4.68 Å². The van der Waals surface area contributed by atoms with Crippen LogP contribution in [0.3, 0.4) is 0 Å². The smallest absolute Gasteiger partial charge is 0.857 e. The van der Waals surface area contributed by atoms with Crippen LogP contribution in [0.4, 0.5) is 0 Å². The summed E-state index contributed by atoms with van der Waals surface area (Å²) >= 11 is 0. The van der Waals surface area contributed by atoms with Gasteiger partial charge in [0, 0.05) is 11.3 Å². The van der Waals surface area contributed by atoms with E-state index in [4.69, 9.17) is 0 Å². The average Bonchev–Trinajstić information content (AvgIpc) is 2.69. The zero-order chi connectivity index (χ0) is 11.7. The molecular formula is C14H11N2NaO. The van der Waals surface area contributed by atoms with Crippen molar-refractivity contribution >= 4 is 10.9 Å². The summed E-state index contributed by atoms with van der Waals surface area (Å²) in [6.45, 7) is 0.629. The third-order valence-electron chi connectivity index (χ3n) is 2.80. The molecular weight excluding hydrogens is 235 g/mol. The molecule has 1 heterocycles. The van der Waals surface area contributed by atoms with Crippen molar-refractivity contribution in [1.29, 1.82) is 0 Å². The molecule has 2 aromatic carbocycles. The van der Waals surface area contributed by atoms with E-state index in [9.17, 15) is 5.11 Å². The first-order valence-electron chi connectivity index (χ1n) is 5.51. The van der Waals surface area contributed by atoms with Crippen molar-refractivity contribution in [3.05, 3.63) is 60.2 Å². The summed E-state index contributed by atoms with van der Waals surface area (Å²) in [5, 5.41) is 16.4. The van der Waals surface area contributed by atoms with Crippen LogP contribution < -0.4 is 34.7 Å². The van der Waals surface area contributed by atoms with Gasteiger partial charge in [0.2, 0.25) is 0 Å². The van der Waals surface area contributed by atoms with Crippen LogP contribution in [0, 0.1) is 0 Å². The van der Waals surface area contributed by atoms with Crippen LogP contribution in [0.2, 0.25) is 0 Å². The predicted molar refractivity (Wildman–Crippen MR) is 64.7 cm³/mol. The number of nitrogens with zero attached hydrogens (tertiary/aromatic N) is 2. The molecule has 0 bridgehead atoms. The van der Waals surface area contributed by atoms with Gasteiger partial charge in [-0.05, 0) is 11.6 Å². The van der Waals surface area contributed by atoms with Crippen LogP contribution in [0.1, 0.15) is 5.56 Å². The fourth-order valence-electron chi connectivity index (χ4n) is 1.97. The van der Waals surface area contributed by atoms with E-state index in [1.165, 1.54) is 0 Å². The topological polar surface area (TPSA) is 40.9 Å². The summed E-state index contributed by atoms with van der Waals surface area (Å²) in [4.78, 5) is 0. The van der Waals surface area contributed by atoms with E-state index in [1.54, 1.807) is 4.68 Å². The summed E-state index contributed by atoms with van der Waals surface area (Å²) < 4.78 is 1.76. The molecule has 0 aliphatic heterocycles. The van der Waals surface area contributed by atoms with E-state index in [0.29, 0.717) is 11.9 Å². The summed E-state index contributed by atoms with van der Waals surface area (Å²) in [6.07, 6.45) is 0. The molecule has 1 aromatic heterocycles. The van der Waals surface area contributed by atoms with E-state index in [0.717, 1.165) is 11.1 Å². The van der Waals surface area contributed by atoms with E-state index in [-0.39, 0.29) is 35.4 Å². The van der Waals surface area contributed by atoms with Crippen molar-refractivity contribution in [2.75, 3.05) is 0 Å². The Hall–Kier alpha value is -1.29. The number of benzene rings is 2. The van der Waals surface area contributed by atoms with Gasteiger partial charge in [0.25, 0.3) is 0 Å². The number of aromatic nitrogens is 2. The summed E-state index contributed by atoms with van der Waals surface area (Å²) in [5.41, 5.74) is 2.03. The standard InChI is InChI=1S/C14H12N2O.Na/c17-14-12-8-4-5-9-13(12)16(15-14)10-11-6-2-1-3-7-11;/h1-9H,10H2,(H,15,17);/q;+1/p-1. The van der Waals surface area contributed by atoms with Crippen LogP contribution in [-0.2, 0) is 6.54 Å². The first kappa shape index (κ1) is 13.1. The van der Waals surface area contributed by atoms with Crippen molar-refractivity contribution in [3.8, 4) is 5.88 Å². The van der Waals surface area contributed by atoms with Gasteiger partial charge in [-0.2, -0.15) is 5.10 Å². The molecule has 0 spiro atoms. The monoisotopic (exact) mass is 246 g/mol. The number of hydrogen-bond acceptors (Lipinski definition) is 2. The molecule has 0 radical (unpaired) electrons. The zero-order valence-corrected chi connectivity index (χ0v) is 12.2. The van der Waals surface area contributed by atoms with Gasteiger partial charge in [-0.25, -0.2) is 0 Å². The van der Waals surface area contributed by atoms with Crippen molar-refractivity contribution in [2.24, 2.45) is 0 Å². The molecule has 0 N–H and O–H groups in total. The van der Waals surface area contributed by atoms with Gasteiger partial charge in [0.15, 0.2) is 0 Å². The Bertz CT molecular complexity index is 649. The molecule has 0 fully saturated rings. The summed E-state index contributed by atoms with van der Waals surface area (Å²) in [5.74, 6) is -0.156. The van der Waals surface area contributed by atoms with E-state index in [1.807, 2.05) is 54.6 Å². The van der Waals surface area contributed by atoms with Gasteiger partial charge >= 0.3 is 29.6 Å². The molecule has 4 heteroatoms. The molecule has 18 heavy (non-hydrogen) atoms. The molecule has 84 valence electrons. The molecule has 0 unspecified atom stereocenters. The largest absolute Gasteiger partial charge is 1.00 e. The third kappa shape index (κ3) is 2.43. The molecule has 0 atom stereocenters. The van der Waals surface area contributed by atoms with Gasteiger partial charge in [-0.15, -0.1) is 0 Å². The van der Waals surface area contributed by atoms with Gasteiger partial charge < -0.3 is 5.11 Å². The van der Waals surface area contributed by atoms with Crippen LogP contribution in [0.5, 0.6) is 5.88 Å². The fourth-order valence-corrected chi connectivity index (χ4v) is 1.97. The first-order chi connectivity index (χ1) is 8.34. The van der Waals surface area contributed by atoms with Crippen LogP contribution in [0.25, 0.3) is 10.9 Å². The zero-order valence-electron chi connectivity index (χ0n) is 10.2. The summed E-state index contributed by atoms with van der Waals surface area (Å²) in [6, 6.07) is 17.5. The first-order valence-corrected chi connectivity index (χ1v) is 5.51. The van der Waals surface area contributed by atoms with Crippen molar-refractivity contribution in [2.45, 2.75) is 6.54 Å². The minimum atomic E-state index is -0.156. The molecule has 0 aliphatic carbocycles. The number of rotatable bonds is 2. The molecule has 3 aromatic rings. The second-order valence-corrected chi connectivity index (χ2v) is 3.97. The Kier molecular flexibility index (Phi) is 4.07. The van der Waals surface area contributed by atoms with E-state index >= 15 is 0 Å². The number of para-hydroxylation sites is 1. The minimum absolute atomic E-state index is 0. The molecule has 0 aliphatic rings. The summed E-state index contributed by atoms with van der Waals surface area (Å²) in [7, 11) is 0. The molecule has 0 saturated carbocycles. The van der Waals surface area contributed by atoms with Gasteiger partial charge in [0.05, 0.1) is 12.1 Å². The van der Waals surface area contributed by atoms with Crippen molar-refractivity contribution in [3.63, 3.8) is 0 Å². The SMILES string of the molecule is [Na+].[O-]c1nn(Cc2ccccc2)c2ccccc12. The molecule has 0 amide bonds. The van der Waals surface area contributed by atoms with E-state index in [2.05, 4.69) is 5.10 Å². The second-order valence-electron chi connectivity index (χ2n) is 3.97. The van der Waals surface area contributed by atoms with E-state index < -0.39 is 0 Å². The van der Waals surface area contributed by atoms with Gasteiger partial charge in [-0.1, -0.05) is 48.5 Å². The molecule has 0 saturated heterocycles. The maximum Gasteiger partial charge on any atom is 1.00 e. The minimum Gasteiger partial charge on any atom is -0.857 e. The van der Waals surface area contributed by atoms with Crippen molar-refractivity contribution in [1.82, 2.24) is 9.78 Å². The van der Waals surface area contributed by atoms with Crippen LogP contribution >= 0.6 is 0 Å². The molecule has 3 nitrogen and oxygen atoms in total. The fraction of sp³-hybridized carbons (Fsp3) is 0.0714. The maximum absolute atomic E-state index is 11.7. The third-order valence-corrected chi connectivity index (χ3v) is 2.80. The quantitative estimate of drug-likeness (QED) is 0.553. The van der Waals surface area contributed by atoms with Crippen molar-refractivity contribution < 1.29 is 34.7 Å².